The number of aliphatic hydroxyl groups excluding tert-OH is 8. The zero-order valence-electron chi connectivity index (χ0n) is 15.2. The summed E-state index contributed by atoms with van der Waals surface area (Å²) >= 11 is 0. The van der Waals surface area contributed by atoms with Crippen molar-refractivity contribution >= 4 is 0 Å². The van der Waals surface area contributed by atoms with Crippen molar-refractivity contribution in [3.8, 4) is 0 Å². The van der Waals surface area contributed by atoms with Crippen LogP contribution in [0.25, 0.3) is 0 Å². The van der Waals surface area contributed by atoms with Crippen molar-refractivity contribution in [1.29, 1.82) is 0 Å². The molecule has 2 saturated heterocycles. The molecule has 0 aromatic carbocycles. The van der Waals surface area contributed by atoms with Gasteiger partial charge in [0.25, 0.3) is 0 Å². The van der Waals surface area contributed by atoms with Crippen LogP contribution in [0.2, 0.25) is 0 Å². The summed E-state index contributed by atoms with van der Waals surface area (Å²) in [6.07, 6.45) is -12.4. The van der Waals surface area contributed by atoms with Crippen LogP contribution in [0.5, 0.6) is 0 Å². The first-order chi connectivity index (χ1) is 13.3. The summed E-state index contributed by atoms with van der Waals surface area (Å²) in [5, 5.41) is 77.1. The summed E-state index contributed by atoms with van der Waals surface area (Å²) in [6.45, 7) is -0.946. The molecule has 2 aliphatic heterocycles. The zero-order chi connectivity index (χ0) is 20.8. The molecule has 0 spiro atoms. The van der Waals surface area contributed by atoms with Crippen LogP contribution < -0.4 is 0 Å². The molecule has 0 aromatic heterocycles. The van der Waals surface area contributed by atoms with Crippen molar-refractivity contribution in [3.63, 3.8) is 0 Å². The predicted molar refractivity (Wildman–Crippen MR) is 88.7 cm³/mol. The van der Waals surface area contributed by atoms with Crippen LogP contribution in [0, 0.1) is 0 Å². The van der Waals surface area contributed by atoms with Crippen LogP contribution in [-0.4, -0.2) is 129 Å². The van der Waals surface area contributed by atoms with Crippen molar-refractivity contribution in [1.82, 2.24) is 0 Å². The molecule has 166 valence electrons. The molecule has 8 N–H and O–H groups in total. The van der Waals surface area contributed by atoms with Gasteiger partial charge in [-0.05, 0) is 12.8 Å². The van der Waals surface area contributed by atoms with Gasteiger partial charge in [0, 0.05) is 13.2 Å². The third kappa shape index (κ3) is 5.56. The third-order valence-corrected chi connectivity index (χ3v) is 4.84. The molecule has 12 nitrogen and oxygen atoms in total. The summed E-state index contributed by atoms with van der Waals surface area (Å²) in [7, 11) is 0. The lowest BCUT2D eigenvalue weighted by Gasteiger charge is -2.40. The standard InChI is InChI=1S/C16H30O12/c17-5-7-9(19)11(21)13(15(23)27-7)25-3-1-2-4-26-14-12(22)10(20)8(6-18)28-16(14)24/h7-24H,1-6H2/t7-,8-,9-,10-,11+,12+,13+,14+,15+,16+/m1/s1. The van der Waals surface area contributed by atoms with Crippen LogP contribution >= 0.6 is 0 Å². The van der Waals surface area contributed by atoms with E-state index in [1.165, 1.54) is 0 Å². The van der Waals surface area contributed by atoms with Gasteiger partial charge in [0.1, 0.15) is 48.8 Å². The van der Waals surface area contributed by atoms with Crippen molar-refractivity contribution in [2.75, 3.05) is 26.4 Å². The maximum absolute atomic E-state index is 9.95. The Balaban J connectivity index is 1.67. The average Bonchev–Trinajstić information content (AvgIpc) is 2.68. The molecule has 0 aliphatic carbocycles. The molecule has 0 unspecified atom stereocenters. The highest BCUT2D eigenvalue weighted by atomic mass is 16.7. The molecule has 0 amide bonds. The lowest BCUT2D eigenvalue weighted by atomic mass is 9.99. The number of unbranched alkanes of at least 4 members (excludes halogenated alkanes) is 1. The number of rotatable bonds is 9. The van der Waals surface area contributed by atoms with E-state index in [9.17, 15) is 30.6 Å². The van der Waals surface area contributed by atoms with Gasteiger partial charge < -0.3 is 59.8 Å². The highest BCUT2D eigenvalue weighted by Crippen LogP contribution is 2.23. The van der Waals surface area contributed by atoms with Gasteiger partial charge in [0.05, 0.1) is 13.2 Å². The van der Waals surface area contributed by atoms with Gasteiger partial charge in [-0.1, -0.05) is 0 Å². The Hall–Kier alpha value is -0.480. The summed E-state index contributed by atoms with van der Waals surface area (Å²) < 4.78 is 20.6. The molecule has 10 atom stereocenters. The Bertz CT molecular complexity index is 413. The van der Waals surface area contributed by atoms with Crippen molar-refractivity contribution in [2.45, 2.75) is 74.3 Å². The maximum atomic E-state index is 9.95. The number of hydrogen-bond acceptors (Lipinski definition) is 12. The van der Waals surface area contributed by atoms with Gasteiger partial charge in [-0.3, -0.25) is 0 Å². The summed E-state index contributed by atoms with van der Waals surface area (Å²) in [5.41, 5.74) is 0. The SMILES string of the molecule is OC[C@H]1O[C@H](O)[C@@H](OCCCCO[C@H]2[C@@H](O)[C@H](O)[C@@H](CO)O[C@@H]2O)[C@@H](O)[C@@H]1O. The summed E-state index contributed by atoms with van der Waals surface area (Å²) in [6, 6.07) is 0. The van der Waals surface area contributed by atoms with E-state index in [2.05, 4.69) is 0 Å². The Labute approximate surface area is 161 Å². The molecular formula is C16H30O12. The summed E-state index contributed by atoms with van der Waals surface area (Å²) in [5.74, 6) is 0. The molecule has 2 rings (SSSR count). The normalized spacial score (nSPS) is 44.6. The van der Waals surface area contributed by atoms with E-state index in [4.69, 9.17) is 29.2 Å². The first-order valence-electron chi connectivity index (χ1n) is 9.16. The molecule has 0 aromatic rings. The van der Waals surface area contributed by atoms with E-state index in [1.54, 1.807) is 0 Å². The maximum Gasteiger partial charge on any atom is 0.184 e. The third-order valence-electron chi connectivity index (χ3n) is 4.84. The molecule has 28 heavy (non-hydrogen) atoms. The lowest BCUT2D eigenvalue weighted by molar-refractivity contribution is -0.298. The second-order valence-corrected chi connectivity index (χ2v) is 6.84. The Kier molecular flexibility index (Phi) is 9.40. The summed E-state index contributed by atoms with van der Waals surface area (Å²) in [4.78, 5) is 0. The first kappa shape index (κ1) is 23.8. The minimum atomic E-state index is -1.50. The largest absolute Gasteiger partial charge is 0.394 e. The van der Waals surface area contributed by atoms with Gasteiger partial charge >= 0.3 is 0 Å². The highest BCUT2D eigenvalue weighted by molar-refractivity contribution is 4.90. The Morgan fingerprint density at radius 1 is 0.571 bits per heavy atom. The molecule has 2 heterocycles. The smallest absolute Gasteiger partial charge is 0.184 e. The molecule has 2 aliphatic rings. The lowest BCUT2D eigenvalue weighted by Crippen LogP contribution is -2.59. The fourth-order valence-corrected chi connectivity index (χ4v) is 3.15. The van der Waals surface area contributed by atoms with Gasteiger partial charge in [-0.25, -0.2) is 0 Å². The molecule has 0 bridgehead atoms. The Morgan fingerprint density at radius 3 is 1.25 bits per heavy atom. The molecule has 12 heteroatoms. The highest BCUT2D eigenvalue weighted by Gasteiger charge is 2.45. The van der Waals surface area contributed by atoms with Gasteiger partial charge in [-0.2, -0.15) is 0 Å². The molecule has 0 radical (unpaired) electrons. The fourth-order valence-electron chi connectivity index (χ4n) is 3.15. The number of hydrogen-bond donors (Lipinski definition) is 8. The zero-order valence-corrected chi connectivity index (χ0v) is 15.2. The molecule has 2 fully saturated rings. The quantitative estimate of drug-likeness (QED) is 0.168. The van der Waals surface area contributed by atoms with Crippen LogP contribution in [0.3, 0.4) is 0 Å². The van der Waals surface area contributed by atoms with Crippen molar-refractivity contribution in [3.05, 3.63) is 0 Å². The van der Waals surface area contributed by atoms with E-state index in [-0.39, 0.29) is 13.2 Å². The van der Waals surface area contributed by atoms with Gasteiger partial charge in [-0.15, -0.1) is 0 Å². The fraction of sp³-hybridized carbons (Fsp3) is 1.00. The predicted octanol–water partition coefficient (Wildman–Crippen LogP) is -4.60. The molecule has 0 saturated carbocycles. The van der Waals surface area contributed by atoms with E-state index < -0.39 is 74.6 Å². The average molecular weight is 414 g/mol. The number of aliphatic hydroxyl groups is 8. The van der Waals surface area contributed by atoms with Crippen molar-refractivity contribution < 1.29 is 59.8 Å². The van der Waals surface area contributed by atoms with Crippen LogP contribution in [-0.2, 0) is 18.9 Å². The van der Waals surface area contributed by atoms with Crippen LogP contribution in [0.1, 0.15) is 12.8 Å². The van der Waals surface area contributed by atoms with Crippen molar-refractivity contribution in [2.24, 2.45) is 0 Å². The minimum Gasteiger partial charge on any atom is -0.394 e. The van der Waals surface area contributed by atoms with E-state index in [0.717, 1.165) is 0 Å². The monoisotopic (exact) mass is 414 g/mol. The molecular weight excluding hydrogens is 384 g/mol. The number of ether oxygens (including phenoxy) is 4. The second kappa shape index (κ2) is 11.1. The minimum absolute atomic E-state index is 0.0868. The van der Waals surface area contributed by atoms with E-state index >= 15 is 0 Å². The van der Waals surface area contributed by atoms with Gasteiger partial charge in [0.2, 0.25) is 0 Å². The van der Waals surface area contributed by atoms with E-state index in [0.29, 0.717) is 12.8 Å². The Morgan fingerprint density at radius 2 is 0.929 bits per heavy atom. The first-order valence-corrected chi connectivity index (χ1v) is 9.16. The van der Waals surface area contributed by atoms with E-state index in [1.807, 2.05) is 0 Å². The van der Waals surface area contributed by atoms with Crippen LogP contribution in [0.4, 0.5) is 0 Å². The van der Waals surface area contributed by atoms with Crippen LogP contribution in [0.15, 0.2) is 0 Å². The topological polar surface area (TPSA) is 199 Å². The van der Waals surface area contributed by atoms with Gasteiger partial charge in [0.15, 0.2) is 12.6 Å². The second-order valence-electron chi connectivity index (χ2n) is 6.84.